The van der Waals surface area contributed by atoms with E-state index in [1.165, 1.54) is 0 Å². The molecule has 0 fully saturated rings. The standard InChI is InChI=1S/C14H16O4.C6H10O4/c15-13-11-5-7-12(8-6-11)14(16)18-10-4-2-1-3-9-17-13;7-5(8)3-1-2-4-6(9)10/h5-8H,1-4,9-10H2;1-4H2,(H,7,8)(H,9,10). The van der Waals surface area contributed by atoms with Gasteiger partial charge in [0.15, 0.2) is 0 Å². The van der Waals surface area contributed by atoms with Gasteiger partial charge in [-0.15, -0.1) is 0 Å². The van der Waals surface area contributed by atoms with Crippen LogP contribution >= 0.6 is 0 Å². The van der Waals surface area contributed by atoms with E-state index in [1.54, 1.807) is 24.3 Å². The number of esters is 2. The van der Waals surface area contributed by atoms with Gasteiger partial charge < -0.3 is 19.7 Å². The molecule has 0 aliphatic carbocycles. The molecule has 0 unspecified atom stereocenters. The minimum absolute atomic E-state index is 0.0628. The van der Waals surface area contributed by atoms with Gasteiger partial charge in [-0.3, -0.25) is 9.59 Å². The van der Waals surface area contributed by atoms with Crippen LogP contribution in [-0.4, -0.2) is 47.3 Å². The summed E-state index contributed by atoms with van der Waals surface area (Å²) in [6.45, 7) is 0.890. The monoisotopic (exact) mass is 394 g/mol. The van der Waals surface area contributed by atoms with E-state index in [9.17, 15) is 19.2 Å². The predicted molar refractivity (Wildman–Crippen MR) is 99.2 cm³/mol. The third-order valence-corrected chi connectivity index (χ3v) is 3.89. The molecule has 2 aliphatic heterocycles. The number of benzene rings is 1. The first kappa shape index (κ1) is 23.1. The van der Waals surface area contributed by atoms with E-state index in [0.717, 1.165) is 25.7 Å². The van der Waals surface area contributed by atoms with Crippen molar-refractivity contribution in [1.29, 1.82) is 0 Å². The predicted octanol–water partition coefficient (Wildman–Crippen LogP) is 3.29. The lowest BCUT2D eigenvalue weighted by molar-refractivity contribution is -0.139. The van der Waals surface area contributed by atoms with Gasteiger partial charge in [0, 0.05) is 12.8 Å². The Hall–Kier alpha value is -2.90. The maximum atomic E-state index is 11.6. The van der Waals surface area contributed by atoms with Crippen LogP contribution in [0, 0.1) is 0 Å². The number of hydrogen-bond donors (Lipinski definition) is 2. The summed E-state index contributed by atoms with van der Waals surface area (Å²) in [4.78, 5) is 43.1. The van der Waals surface area contributed by atoms with Gasteiger partial charge in [0.1, 0.15) is 0 Å². The first-order valence-electron chi connectivity index (χ1n) is 9.28. The quantitative estimate of drug-likeness (QED) is 0.575. The van der Waals surface area contributed by atoms with Crippen molar-refractivity contribution < 1.29 is 38.9 Å². The molecular weight excluding hydrogens is 368 g/mol. The molecule has 8 heteroatoms. The number of aliphatic carboxylic acids is 2. The smallest absolute Gasteiger partial charge is 0.338 e. The molecule has 3 rings (SSSR count). The minimum Gasteiger partial charge on any atom is -0.481 e. The van der Waals surface area contributed by atoms with Gasteiger partial charge in [-0.2, -0.15) is 0 Å². The SMILES string of the molecule is O=C(O)CCCCC(=O)O.O=C1OCCCCCCOC(=O)c2ccc1cc2. The zero-order valence-electron chi connectivity index (χ0n) is 15.7. The van der Waals surface area contributed by atoms with E-state index in [1.807, 2.05) is 0 Å². The number of fused-ring (bicyclic) bond motifs is 11. The van der Waals surface area contributed by atoms with E-state index in [0.29, 0.717) is 37.2 Å². The summed E-state index contributed by atoms with van der Waals surface area (Å²) in [6.07, 6.45) is 4.66. The van der Waals surface area contributed by atoms with Crippen molar-refractivity contribution in [3.05, 3.63) is 35.4 Å². The third kappa shape index (κ3) is 10.3. The highest BCUT2D eigenvalue weighted by molar-refractivity contribution is 5.93. The Balaban J connectivity index is 0.000000336. The first-order chi connectivity index (χ1) is 13.4. The number of carbonyl (C=O) groups excluding carboxylic acids is 2. The molecule has 28 heavy (non-hydrogen) atoms. The van der Waals surface area contributed by atoms with Crippen LogP contribution in [0.2, 0.25) is 0 Å². The number of carboxylic acids is 2. The molecular formula is C20H26O8. The molecule has 0 aromatic heterocycles. The Morgan fingerprint density at radius 2 is 1.07 bits per heavy atom. The number of hydrogen-bond acceptors (Lipinski definition) is 6. The van der Waals surface area contributed by atoms with E-state index in [4.69, 9.17) is 19.7 Å². The van der Waals surface area contributed by atoms with Crippen molar-refractivity contribution in [2.45, 2.75) is 51.4 Å². The van der Waals surface area contributed by atoms with Gasteiger partial charge in [0.25, 0.3) is 0 Å². The van der Waals surface area contributed by atoms with E-state index in [-0.39, 0.29) is 24.8 Å². The number of carboxylic acid groups (broad SMARTS) is 2. The molecule has 0 atom stereocenters. The average molecular weight is 394 g/mol. The highest BCUT2D eigenvalue weighted by Gasteiger charge is 2.11. The number of unbranched alkanes of at least 4 members (excludes halogenated alkanes) is 1. The van der Waals surface area contributed by atoms with Gasteiger partial charge in [-0.05, 0) is 62.8 Å². The molecule has 2 N–H and O–H groups in total. The van der Waals surface area contributed by atoms with Crippen LogP contribution in [0.3, 0.4) is 0 Å². The van der Waals surface area contributed by atoms with Gasteiger partial charge in [-0.1, -0.05) is 0 Å². The summed E-state index contributed by atoms with van der Waals surface area (Å²) in [6, 6.07) is 6.35. The van der Waals surface area contributed by atoms with Gasteiger partial charge in [-0.25, -0.2) is 9.59 Å². The Kier molecular flexibility index (Phi) is 11.0. The van der Waals surface area contributed by atoms with Crippen LogP contribution in [0.15, 0.2) is 24.3 Å². The second-order valence-electron chi connectivity index (χ2n) is 6.26. The third-order valence-electron chi connectivity index (χ3n) is 3.89. The molecule has 2 heterocycles. The molecule has 1 aromatic rings. The molecule has 1 aromatic carbocycles. The maximum absolute atomic E-state index is 11.6. The van der Waals surface area contributed by atoms with E-state index < -0.39 is 11.9 Å². The van der Waals surface area contributed by atoms with Crippen LogP contribution in [0.5, 0.6) is 0 Å². The lowest BCUT2D eigenvalue weighted by Gasteiger charge is -2.08. The summed E-state index contributed by atoms with van der Waals surface area (Å²) in [5.41, 5.74) is 0.923. The lowest BCUT2D eigenvalue weighted by Crippen LogP contribution is -2.10. The molecule has 154 valence electrons. The zero-order chi connectivity index (χ0) is 20.8. The first-order valence-corrected chi connectivity index (χ1v) is 9.28. The molecule has 2 aliphatic rings. The van der Waals surface area contributed by atoms with Crippen molar-refractivity contribution in [1.82, 2.24) is 0 Å². The van der Waals surface area contributed by atoms with E-state index >= 15 is 0 Å². The van der Waals surface area contributed by atoms with Crippen LogP contribution in [0.25, 0.3) is 0 Å². The Morgan fingerprint density at radius 3 is 1.39 bits per heavy atom. The second-order valence-corrected chi connectivity index (χ2v) is 6.26. The summed E-state index contributed by atoms with van der Waals surface area (Å²) >= 11 is 0. The normalized spacial score (nSPS) is 14.7. The van der Waals surface area contributed by atoms with Crippen LogP contribution in [0.1, 0.15) is 72.1 Å². The fraction of sp³-hybridized carbons (Fsp3) is 0.500. The molecule has 0 radical (unpaired) electrons. The average Bonchev–Trinajstić information content (AvgIpc) is 2.67. The van der Waals surface area contributed by atoms with Crippen LogP contribution < -0.4 is 0 Å². The maximum Gasteiger partial charge on any atom is 0.338 e. The van der Waals surface area contributed by atoms with Crippen molar-refractivity contribution >= 4 is 23.9 Å². The summed E-state index contributed by atoms with van der Waals surface area (Å²) in [5, 5.41) is 16.3. The highest BCUT2D eigenvalue weighted by atomic mass is 16.5. The van der Waals surface area contributed by atoms with Crippen LogP contribution in [0.4, 0.5) is 0 Å². The second kappa shape index (κ2) is 13.3. The van der Waals surface area contributed by atoms with Crippen molar-refractivity contribution in [3.8, 4) is 0 Å². The fourth-order valence-electron chi connectivity index (χ4n) is 2.35. The van der Waals surface area contributed by atoms with E-state index in [2.05, 4.69) is 0 Å². The van der Waals surface area contributed by atoms with Gasteiger partial charge in [0.2, 0.25) is 0 Å². The molecule has 0 saturated carbocycles. The topological polar surface area (TPSA) is 127 Å². The molecule has 0 spiro atoms. The molecule has 0 saturated heterocycles. The van der Waals surface area contributed by atoms with Gasteiger partial charge >= 0.3 is 23.9 Å². The van der Waals surface area contributed by atoms with Crippen molar-refractivity contribution in [3.63, 3.8) is 0 Å². The molecule has 2 bridgehead atoms. The van der Waals surface area contributed by atoms with Crippen LogP contribution in [-0.2, 0) is 19.1 Å². The minimum atomic E-state index is -0.870. The highest BCUT2D eigenvalue weighted by Crippen LogP contribution is 2.10. The summed E-state index contributed by atoms with van der Waals surface area (Å²) < 4.78 is 10.3. The Labute approximate surface area is 163 Å². The van der Waals surface area contributed by atoms with Crippen molar-refractivity contribution in [2.24, 2.45) is 0 Å². The number of rotatable bonds is 5. The Morgan fingerprint density at radius 1 is 0.714 bits per heavy atom. The lowest BCUT2D eigenvalue weighted by atomic mass is 10.1. The fourth-order valence-corrected chi connectivity index (χ4v) is 2.35. The largest absolute Gasteiger partial charge is 0.481 e. The zero-order valence-corrected chi connectivity index (χ0v) is 15.7. The van der Waals surface area contributed by atoms with Crippen molar-refractivity contribution in [2.75, 3.05) is 13.2 Å². The molecule has 8 nitrogen and oxygen atoms in total. The van der Waals surface area contributed by atoms with Gasteiger partial charge in [0.05, 0.1) is 24.3 Å². The summed E-state index contributed by atoms with van der Waals surface area (Å²) in [7, 11) is 0. The summed E-state index contributed by atoms with van der Waals surface area (Å²) in [5.74, 6) is -2.42. The Bertz CT molecular complexity index is 594. The number of carbonyl (C=O) groups is 4. The number of ether oxygens (including phenoxy) is 2. The molecule has 0 amide bonds.